The van der Waals surface area contributed by atoms with E-state index in [2.05, 4.69) is 15.9 Å². The number of benzene rings is 2. The molecule has 0 heterocycles. The Labute approximate surface area is 142 Å². The van der Waals surface area contributed by atoms with Crippen molar-refractivity contribution in [2.45, 2.75) is 6.54 Å². The van der Waals surface area contributed by atoms with Crippen LogP contribution in [0.4, 0.5) is 0 Å². The number of nitrogens with two attached hydrogens (primary N) is 1. The molecule has 21 heavy (non-hydrogen) atoms. The molecule has 0 aliphatic rings. The van der Waals surface area contributed by atoms with Crippen molar-refractivity contribution in [2.75, 3.05) is 13.2 Å². The highest BCUT2D eigenvalue weighted by atomic mass is 79.9. The summed E-state index contributed by atoms with van der Waals surface area (Å²) in [7, 11) is 0. The number of ether oxygens (including phenoxy) is 2. The molecule has 0 aliphatic heterocycles. The lowest BCUT2D eigenvalue weighted by molar-refractivity contribution is 0.216. The minimum absolute atomic E-state index is 0.358. The molecule has 0 unspecified atom stereocenters. The molecule has 3 nitrogen and oxygen atoms in total. The Morgan fingerprint density at radius 3 is 2.33 bits per heavy atom. The lowest BCUT2D eigenvalue weighted by Crippen LogP contribution is -2.11. The van der Waals surface area contributed by atoms with Crippen LogP contribution in [0.5, 0.6) is 11.5 Å². The summed E-state index contributed by atoms with van der Waals surface area (Å²) in [4.78, 5) is 0. The van der Waals surface area contributed by atoms with Gasteiger partial charge in [0.25, 0.3) is 0 Å². The van der Waals surface area contributed by atoms with Crippen LogP contribution in [0.3, 0.4) is 0 Å². The predicted octanol–water partition coefficient (Wildman–Crippen LogP) is 4.67. The Morgan fingerprint density at radius 1 is 0.952 bits per heavy atom. The second-order valence-corrected chi connectivity index (χ2v) is 5.87. The van der Waals surface area contributed by atoms with E-state index in [9.17, 15) is 0 Å². The van der Waals surface area contributed by atoms with Gasteiger partial charge in [-0.05, 0) is 28.1 Å². The number of hydrogen-bond donors (Lipinski definition) is 1. The molecule has 2 rings (SSSR count). The van der Waals surface area contributed by atoms with Crippen LogP contribution in [-0.2, 0) is 6.54 Å². The van der Waals surface area contributed by atoms with Crippen LogP contribution >= 0.6 is 39.1 Å². The van der Waals surface area contributed by atoms with Crippen molar-refractivity contribution in [1.29, 1.82) is 0 Å². The summed E-state index contributed by atoms with van der Waals surface area (Å²) in [6.45, 7) is 1.18. The lowest BCUT2D eigenvalue weighted by Gasteiger charge is -2.12. The third-order valence-corrected chi connectivity index (χ3v) is 4.26. The topological polar surface area (TPSA) is 44.5 Å². The van der Waals surface area contributed by atoms with Crippen LogP contribution < -0.4 is 15.2 Å². The van der Waals surface area contributed by atoms with Gasteiger partial charge in [0, 0.05) is 22.6 Å². The highest BCUT2D eigenvalue weighted by Crippen LogP contribution is 2.34. The lowest BCUT2D eigenvalue weighted by atomic mass is 10.2. The van der Waals surface area contributed by atoms with E-state index in [-0.39, 0.29) is 0 Å². The van der Waals surface area contributed by atoms with E-state index in [1.54, 1.807) is 12.1 Å². The fourth-order valence-electron chi connectivity index (χ4n) is 1.73. The average Bonchev–Trinajstić information content (AvgIpc) is 2.49. The Morgan fingerprint density at radius 2 is 1.62 bits per heavy atom. The van der Waals surface area contributed by atoms with E-state index >= 15 is 0 Å². The van der Waals surface area contributed by atoms with Gasteiger partial charge in [0.15, 0.2) is 0 Å². The molecule has 0 saturated heterocycles. The minimum atomic E-state index is 0.358. The molecular formula is C15H14BrCl2NO2. The van der Waals surface area contributed by atoms with Gasteiger partial charge in [-0.3, -0.25) is 0 Å². The molecular weight excluding hydrogens is 377 g/mol. The Hall–Kier alpha value is -0.940. The quantitative estimate of drug-likeness (QED) is 0.575. The number of halogens is 3. The van der Waals surface area contributed by atoms with E-state index in [0.717, 1.165) is 15.8 Å². The highest BCUT2D eigenvalue weighted by Gasteiger charge is 2.07. The molecule has 0 atom stereocenters. The van der Waals surface area contributed by atoms with Gasteiger partial charge in [0.05, 0.1) is 10.0 Å². The maximum absolute atomic E-state index is 6.07. The molecule has 0 saturated carbocycles. The molecule has 112 valence electrons. The molecule has 0 spiro atoms. The molecule has 0 aromatic heterocycles. The van der Waals surface area contributed by atoms with Crippen LogP contribution in [0.25, 0.3) is 0 Å². The first-order valence-corrected chi connectivity index (χ1v) is 7.85. The number of para-hydroxylation sites is 1. The van der Waals surface area contributed by atoms with Crippen LogP contribution in [-0.4, -0.2) is 13.2 Å². The summed E-state index contributed by atoms with van der Waals surface area (Å²) in [5.74, 6) is 1.30. The first-order valence-electron chi connectivity index (χ1n) is 6.30. The molecule has 0 radical (unpaired) electrons. The van der Waals surface area contributed by atoms with Crippen molar-refractivity contribution in [1.82, 2.24) is 0 Å². The SMILES string of the molecule is NCc1ccccc1OCCOc1cc(Cl)c(Br)cc1Cl. The van der Waals surface area contributed by atoms with Gasteiger partial charge in [-0.1, -0.05) is 41.4 Å². The molecule has 2 N–H and O–H groups in total. The fourth-order valence-corrected chi connectivity index (χ4v) is 2.58. The Bertz CT molecular complexity index is 623. The smallest absolute Gasteiger partial charge is 0.139 e. The molecule has 2 aromatic rings. The average molecular weight is 391 g/mol. The molecule has 0 amide bonds. The van der Waals surface area contributed by atoms with Crippen LogP contribution in [0.15, 0.2) is 40.9 Å². The largest absolute Gasteiger partial charge is 0.490 e. The first kappa shape index (κ1) is 16.4. The highest BCUT2D eigenvalue weighted by molar-refractivity contribution is 9.10. The van der Waals surface area contributed by atoms with Gasteiger partial charge in [-0.2, -0.15) is 0 Å². The van der Waals surface area contributed by atoms with Gasteiger partial charge >= 0.3 is 0 Å². The summed E-state index contributed by atoms with van der Waals surface area (Å²) in [6.07, 6.45) is 0. The van der Waals surface area contributed by atoms with Gasteiger partial charge in [0.2, 0.25) is 0 Å². The molecule has 0 bridgehead atoms. The van der Waals surface area contributed by atoms with Crippen molar-refractivity contribution < 1.29 is 9.47 Å². The zero-order valence-corrected chi connectivity index (χ0v) is 14.2. The predicted molar refractivity (Wildman–Crippen MR) is 89.5 cm³/mol. The maximum Gasteiger partial charge on any atom is 0.139 e. The van der Waals surface area contributed by atoms with Crippen LogP contribution in [0.2, 0.25) is 10.0 Å². The fraction of sp³-hybridized carbons (Fsp3) is 0.200. The summed E-state index contributed by atoms with van der Waals surface area (Å²) in [6, 6.07) is 11.0. The van der Waals surface area contributed by atoms with Crippen molar-refractivity contribution in [3.05, 3.63) is 56.5 Å². The van der Waals surface area contributed by atoms with Gasteiger partial charge in [0.1, 0.15) is 24.7 Å². The van der Waals surface area contributed by atoms with Crippen LogP contribution in [0.1, 0.15) is 5.56 Å². The van der Waals surface area contributed by atoms with Gasteiger partial charge in [-0.25, -0.2) is 0 Å². The Kier molecular flexibility index (Phi) is 6.18. The summed E-state index contributed by atoms with van der Waals surface area (Å²) in [5.41, 5.74) is 6.61. The normalized spacial score (nSPS) is 10.5. The zero-order valence-electron chi connectivity index (χ0n) is 11.1. The Balaban J connectivity index is 1.89. The second kappa shape index (κ2) is 7.90. The molecule has 0 fully saturated rings. The molecule has 2 aromatic carbocycles. The van der Waals surface area contributed by atoms with Crippen molar-refractivity contribution in [2.24, 2.45) is 5.73 Å². The van der Waals surface area contributed by atoms with E-state index in [0.29, 0.717) is 35.6 Å². The second-order valence-electron chi connectivity index (χ2n) is 4.21. The number of rotatable bonds is 6. The van der Waals surface area contributed by atoms with Gasteiger partial charge < -0.3 is 15.2 Å². The standard InChI is InChI=1S/C15H14BrCl2NO2/c16-11-7-13(18)15(8-12(11)17)21-6-5-20-14-4-2-1-3-10(14)9-19/h1-4,7-8H,5-6,9,19H2. The summed E-state index contributed by atoms with van der Waals surface area (Å²) < 4.78 is 12.0. The minimum Gasteiger partial charge on any atom is -0.490 e. The van der Waals surface area contributed by atoms with E-state index in [4.69, 9.17) is 38.4 Å². The van der Waals surface area contributed by atoms with Crippen molar-refractivity contribution in [3.63, 3.8) is 0 Å². The monoisotopic (exact) mass is 389 g/mol. The summed E-state index contributed by atoms with van der Waals surface area (Å²) >= 11 is 15.4. The van der Waals surface area contributed by atoms with E-state index in [1.165, 1.54) is 0 Å². The summed E-state index contributed by atoms with van der Waals surface area (Å²) in [5, 5.41) is 1.04. The van der Waals surface area contributed by atoms with E-state index in [1.807, 2.05) is 24.3 Å². The first-order chi connectivity index (χ1) is 10.1. The van der Waals surface area contributed by atoms with Crippen molar-refractivity contribution >= 4 is 39.1 Å². The third kappa shape index (κ3) is 4.51. The van der Waals surface area contributed by atoms with Crippen LogP contribution in [0, 0.1) is 0 Å². The third-order valence-electron chi connectivity index (χ3n) is 2.77. The zero-order chi connectivity index (χ0) is 15.2. The van der Waals surface area contributed by atoms with Gasteiger partial charge in [-0.15, -0.1) is 0 Å². The van der Waals surface area contributed by atoms with E-state index < -0.39 is 0 Å². The molecule has 0 aliphatic carbocycles. The number of hydrogen-bond acceptors (Lipinski definition) is 3. The molecule has 6 heteroatoms. The van der Waals surface area contributed by atoms with Crippen molar-refractivity contribution in [3.8, 4) is 11.5 Å². The maximum atomic E-state index is 6.07.